The van der Waals surface area contributed by atoms with Crippen molar-refractivity contribution in [3.63, 3.8) is 0 Å². The van der Waals surface area contributed by atoms with Gasteiger partial charge in [-0.05, 0) is 93.5 Å². The Morgan fingerprint density at radius 2 is 2.03 bits per heavy atom. The van der Waals surface area contributed by atoms with Crippen LogP contribution in [0.15, 0.2) is 72.5 Å². The fraction of sp³-hybridized carbons (Fsp3) is 0.200. The number of H-pyrrole nitrogens is 2. The van der Waals surface area contributed by atoms with Crippen LogP contribution in [0.4, 0.5) is 4.39 Å². The molecule has 38 heavy (non-hydrogen) atoms. The molecule has 8 heteroatoms. The van der Waals surface area contributed by atoms with Gasteiger partial charge in [0.25, 0.3) is 0 Å². The summed E-state index contributed by atoms with van der Waals surface area (Å²) in [7, 11) is 4.09. The average molecular weight is 508 g/mol. The number of hydrogen-bond donors (Lipinski definition) is 2. The maximum absolute atomic E-state index is 14.6. The van der Waals surface area contributed by atoms with E-state index < -0.39 is 0 Å². The third kappa shape index (κ3) is 5.17. The Bertz CT molecular complexity index is 1670. The monoisotopic (exact) mass is 507 g/mol. The second-order valence-electron chi connectivity index (χ2n) is 9.42. The van der Waals surface area contributed by atoms with Gasteiger partial charge in [0.15, 0.2) is 0 Å². The van der Waals surface area contributed by atoms with E-state index in [1.807, 2.05) is 45.3 Å². The number of nitrogens with one attached hydrogen (secondary N) is 2. The predicted octanol–water partition coefficient (Wildman–Crippen LogP) is 6.42. The number of aromatic nitrogens is 5. The maximum Gasteiger partial charge on any atom is 0.138 e. The zero-order valence-electron chi connectivity index (χ0n) is 21.8. The Morgan fingerprint density at radius 1 is 1.16 bits per heavy atom. The van der Waals surface area contributed by atoms with Crippen LogP contribution in [0.5, 0.6) is 0 Å². The molecule has 4 aromatic heterocycles. The van der Waals surface area contributed by atoms with Crippen molar-refractivity contribution in [2.75, 3.05) is 20.6 Å². The minimum Gasteiger partial charge on any atom is -0.338 e. The number of pyridine rings is 2. The molecule has 0 amide bonds. The van der Waals surface area contributed by atoms with Crippen molar-refractivity contribution in [1.82, 2.24) is 30.0 Å². The first-order chi connectivity index (χ1) is 18.5. The normalized spacial score (nSPS) is 12.4. The Balaban J connectivity index is 1.56. The summed E-state index contributed by atoms with van der Waals surface area (Å²) in [6.45, 7) is 6.70. The Hall–Kier alpha value is -4.43. The lowest BCUT2D eigenvalue weighted by atomic mass is 9.99. The summed E-state index contributed by atoms with van der Waals surface area (Å²) in [5.41, 5.74) is 7.96. The highest BCUT2D eigenvalue weighted by molar-refractivity contribution is 5.99. The molecule has 0 aliphatic heterocycles. The molecular weight excluding hydrogens is 477 g/mol. The molecule has 0 aliphatic carbocycles. The minimum atomic E-state index is -0.239. The van der Waals surface area contributed by atoms with Crippen molar-refractivity contribution >= 4 is 33.9 Å². The second kappa shape index (κ2) is 10.9. The number of allylic oxidation sites excluding steroid dienone is 2. The van der Waals surface area contributed by atoms with E-state index in [0.717, 1.165) is 69.5 Å². The molecule has 0 fully saturated rings. The number of aliphatic imine (C=N–C) groups is 1. The molecule has 0 saturated carbocycles. The van der Waals surface area contributed by atoms with Crippen LogP contribution in [0.25, 0.3) is 50.2 Å². The van der Waals surface area contributed by atoms with Crippen LogP contribution in [0.2, 0.25) is 0 Å². The molecule has 4 heterocycles. The Morgan fingerprint density at radius 3 is 2.82 bits per heavy atom. The smallest absolute Gasteiger partial charge is 0.138 e. The van der Waals surface area contributed by atoms with Gasteiger partial charge in [0.05, 0.1) is 16.9 Å². The highest BCUT2D eigenvalue weighted by Gasteiger charge is 2.16. The topological polar surface area (TPSA) is 85.9 Å². The molecule has 0 saturated heterocycles. The number of halogens is 1. The number of fused-ring (bicyclic) bond motifs is 2. The molecule has 0 aliphatic rings. The molecule has 1 aromatic carbocycles. The van der Waals surface area contributed by atoms with Crippen molar-refractivity contribution in [3.8, 4) is 22.5 Å². The second-order valence-corrected chi connectivity index (χ2v) is 9.42. The molecule has 192 valence electrons. The molecule has 0 radical (unpaired) electrons. The molecule has 0 spiro atoms. The summed E-state index contributed by atoms with van der Waals surface area (Å²) in [6, 6.07) is 13.1. The molecule has 0 atom stereocenters. The first kappa shape index (κ1) is 25.2. The van der Waals surface area contributed by atoms with E-state index in [2.05, 4.69) is 42.7 Å². The fourth-order valence-electron chi connectivity index (χ4n) is 4.58. The van der Waals surface area contributed by atoms with E-state index in [-0.39, 0.29) is 5.82 Å². The van der Waals surface area contributed by atoms with Gasteiger partial charge in [-0.2, -0.15) is 5.10 Å². The van der Waals surface area contributed by atoms with Gasteiger partial charge >= 0.3 is 0 Å². The average Bonchev–Trinajstić information content (AvgIpc) is 3.52. The molecule has 7 nitrogen and oxygen atoms in total. The lowest BCUT2D eigenvalue weighted by Crippen LogP contribution is -2.13. The third-order valence-electron chi connectivity index (χ3n) is 6.41. The quantitative estimate of drug-likeness (QED) is 0.178. The van der Waals surface area contributed by atoms with Gasteiger partial charge in [-0.25, -0.2) is 14.4 Å². The van der Waals surface area contributed by atoms with Gasteiger partial charge in [-0.15, -0.1) is 0 Å². The maximum atomic E-state index is 14.6. The molecule has 0 unspecified atom stereocenters. The van der Waals surface area contributed by atoms with Crippen molar-refractivity contribution in [2.24, 2.45) is 4.99 Å². The van der Waals surface area contributed by atoms with Crippen molar-refractivity contribution in [3.05, 3.63) is 84.6 Å². The summed E-state index contributed by atoms with van der Waals surface area (Å²) in [5, 5.41) is 8.50. The van der Waals surface area contributed by atoms with E-state index in [1.165, 1.54) is 0 Å². The Kier molecular flexibility index (Phi) is 7.24. The van der Waals surface area contributed by atoms with Crippen molar-refractivity contribution in [1.29, 1.82) is 0 Å². The molecular formula is C30H30FN7. The summed E-state index contributed by atoms with van der Waals surface area (Å²) in [4.78, 5) is 19.1. The van der Waals surface area contributed by atoms with Gasteiger partial charge < -0.3 is 9.88 Å². The molecule has 5 aromatic rings. The zero-order chi connectivity index (χ0) is 26.6. The summed E-state index contributed by atoms with van der Waals surface area (Å²) >= 11 is 0. The van der Waals surface area contributed by atoms with Crippen LogP contribution in [-0.2, 0) is 6.42 Å². The summed E-state index contributed by atoms with van der Waals surface area (Å²) < 4.78 is 14.6. The predicted molar refractivity (Wildman–Crippen MR) is 154 cm³/mol. The molecule has 0 bridgehead atoms. The fourth-order valence-corrected chi connectivity index (χ4v) is 4.58. The van der Waals surface area contributed by atoms with Gasteiger partial charge in [-0.3, -0.25) is 10.1 Å². The minimum absolute atomic E-state index is 0.239. The van der Waals surface area contributed by atoms with E-state index in [0.29, 0.717) is 11.3 Å². The SMILES string of the molecule is C=C/C(=C\N=CC)c1ccc2[nH]nc(-c3cc4c(-c5cc(F)cc(CCCN(C)C)c5)ccnc4[nH]3)c2n1. The van der Waals surface area contributed by atoms with Crippen LogP contribution in [0, 0.1) is 5.82 Å². The van der Waals surface area contributed by atoms with Crippen molar-refractivity contribution in [2.45, 2.75) is 19.8 Å². The summed E-state index contributed by atoms with van der Waals surface area (Å²) in [6.07, 6.45) is 8.69. The zero-order valence-corrected chi connectivity index (χ0v) is 21.8. The highest BCUT2D eigenvalue weighted by Crippen LogP contribution is 2.34. The van der Waals surface area contributed by atoms with Crippen LogP contribution < -0.4 is 0 Å². The molecule has 5 rings (SSSR count). The highest BCUT2D eigenvalue weighted by atomic mass is 19.1. The number of hydrogen-bond acceptors (Lipinski definition) is 5. The first-order valence-corrected chi connectivity index (χ1v) is 12.6. The van der Waals surface area contributed by atoms with E-state index in [4.69, 9.17) is 4.98 Å². The third-order valence-corrected chi connectivity index (χ3v) is 6.41. The van der Waals surface area contributed by atoms with Gasteiger partial charge in [-0.1, -0.05) is 18.7 Å². The van der Waals surface area contributed by atoms with Gasteiger partial charge in [0.1, 0.15) is 22.7 Å². The van der Waals surface area contributed by atoms with Crippen LogP contribution in [-0.4, -0.2) is 56.9 Å². The van der Waals surface area contributed by atoms with Gasteiger partial charge in [0.2, 0.25) is 0 Å². The lowest BCUT2D eigenvalue weighted by molar-refractivity contribution is 0.400. The van der Waals surface area contributed by atoms with Crippen molar-refractivity contribution < 1.29 is 4.39 Å². The van der Waals surface area contributed by atoms with E-state index in [1.54, 1.807) is 36.8 Å². The largest absolute Gasteiger partial charge is 0.338 e. The number of rotatable bonds is 9. The number of nitrogens with zero attached hydrogens (tertiary/aromatic N) is 5. The lowest BCUT2D eigenvalue weighted by Gasteiger charge is -2.10. The van der Waals surface area contributed by atoms with Crippen LogP contribution in [0.3, 0.4) is 0 Å². The van der Waals surface area contributed by atoms with Gasteiger partial charge in [0, 0.05) is 29.6 Å². The summed E-state index contributed by atoms with van der Waals surface area (Å²) in [5.74, 6) is -0.239. The number of aromatic amines is 2. The van der Waals surface area contributed by atoms with Crippen LogP contribution >= 0.6 is 0 Å². The molecule has 2 N–H and O–H groups in total. The first-order valence-electron chi connectivity index (χ1n) is 12.6. The standard InChI is InChI=1S/C30H30FN7/c1-5-20(18-32-6-2)25-9-10-26-28(34-25)29(37-36-26)27-17-24-23(11-12-33-30(24)35-27)21-14-19(15-22(31)16-21)8-7-13-38(3)4/h5-6,9-12,14-18H,1,7-8,13H2,2-4H3,(H,33,35)(H,36,37)/b20-18+,32-6?. The van der Waals surface area contributed by atoms with E-state index >= 15 is 0 Å². The number of benzene rings is 1. The van der Waals surface area contributed by atoms with Crippen LogP contribution in [0.1, 0.15) is 24.6 Å². The number of aryl methyl sites for hydroxylation is 1. The Labute approximate surface area is 220 Å². The van der Waals surface area contributed by atoms with E-state index in [9.17, 15) is 4.39 Å².